The van der Waals surface area contributed by atoms with Crippen LogP contribution in [0.5, 0.6) is 0 Å². The van der Waals surface area contributed by atoms with Gasteiger partial charge >= 0.3 is 0 Å². The van der Waals surface area contributed by atoms with Crippen LogP contribution in [0.1, 0.15) is 0 Å². The second-order valence-corrected chi connectivity index (χ2v) is 20.8. The molecule has 0 aliphatic carbocycles. The van der Waals surface area contributed by atoms with E-state index in [0.29, 0.717) is 0 Å². The van der Waals surface area contributed by atoms with Gasteiger partial charge in [0, 0.05) is 17.1 Å². The summed E-state index contributed by atoms with van der Waals surface area (Å²) >= 11 is 0. The Morgan fingerprint density at radius 2 is 0.367 bits per heavy atom. The van der Waals surface area contributed by atoms with Crippen molar-refractivity contribution in [3.63, 3.8) is 0 Å². The van der Waals surface area contributed by atoms with Gasteiger partial charge < -0.3 is 4.90 Å². The van der Waals surface area contributed by atoms with Crippen molar-refractivity contribution in [2.45, 2.75) is 0 Å². The molecule has 0 N–H and O–H groups in total. The molecule has 0 amide bonds. The summed E-state index contributed by atoms with van der Waals surface area (Å²) in [6, 6.07) is 114. The minimum Gasteiger partial charge on any atom is -0.311 e. The summed E-state index contributed by atoms with van der Waals surface area (Å²) in [5.41, 5.74) is 17.7. The Bertz CT molecular complexity index is 4170. The molecule has 15 aromatic rings. The molecular formula is C78H51N. The van der Waals surface area contributed by atoms with Crippen LogP contribution in [-0.2, 0) is 0 Å². The number of anilines is 3. The molecule has 0 radical (unpaired) electrons. The molecular weight excluding hydrogens is 951 g/mol. The second-order valence-electron chi connectivity index (χ2n) is 20.8. The van der Waals surface area contributed by atoms with E-state index in [0.717, 1.165) is 17.1 Å². The average molecular weight is 1000 g/mol. The number of nitrogens with zero attached hydrogens (tertiary/aromatic N) is 1. The van der Waals surface area contributed by atoms with Gasteiger partial charge in [0.1, 0.15) is 0 Å². The van der Waals surface area contributed by atoms with Crippen molar-refractivity contribution in [3.8, 4) is 66.8 Å². The minimum absolute atomic E-state index is 1.08. The van der Waals surface area contributed by atoms with Crippen LogP contribution in [0.4, 0.5) is 17.1 Å². The molecule has 0 saturated carbocycles. The van der Waals surface area contributed by atoms with Gasteiger partial charge in [-0.1, -0.05) is 237 Å². The summed E-state index contributed by atoms with van der Waals surface area (Å²) < 4.78 is 0. The number of fused-ring (bicyclic) bond motifs is 6. The standard InChI is InChI=1S/C78H51N/c1-7-28-70-58(16-1)49-59-17-2-8-29-71(59)76(70)64-25-13-22-55(46-64)52-34-40-67(41-35-52)79(68-42-36-53(37-43-68)56-23-14-26-65(47-56)77-72-30-9-3-18-60(72)50-61-19-4-10-31-73(61)77)69-44-38-54(39-45-69)57-24-15-27-66(48-57)78-74-32-11-5-20-62(74)51-63-21-6-12-33-75(63)78/h1-51H. The van der Waals surface area contributed by atoms with Crippen LogP contribution in [-0.4, -0.2) is 0 Å². The van der Waals surface area contributed by atoms with Crippen molar-refractivity contribution in [3.05, 3.63) is 309 Å². The van der Waals surface area contributed by atoms with Crippen molar-refractivity contribution in [2.75, 3.05) is 4.90 Å². The van der Waals surface area contributed by atoms with Crippen LogP contribution >= 0.6 is 0 Å². The molecule has 79 heavy (non-hydrogen) atoms. The Morgan fingerprint density at radius 1 is 0.152 bits per heavy atom. The molecule has 1 heteroatoms. The van der Waals surface area contributed by atoms with Gasteiger partial charge in [0.2, 0.25) is 0 Å². The molecule has 15 aromatic carbocycles. The van der Waals surface area contributed by atoms with Crippen molar-refractivity contribution in [1.29, 1.82) is 0 Å². The van der Waals surface area contributed by atoms with Gasteiger partial charge in [-0.2, -0.15) is 0 Å². The van der Waals surface area contributed by atoms with E-state index < -0.39 is 0 Å². The minimum atomic E-state index is 1.08. The van der Waals surface area contributed by atoms with Crippen LogP contribution in [0.3, 0.4) is 0 Å². The summed E-state index contributed by atoms with van der Waals surface area (Å²) in [5.74, 6) is 0. The monoisotopic (exact) mass is 1000 g/mol. The highest BCUT2D eigenvalue weighted by molar-refractivity contribution is 6.15. The Hall–Kier alpha value is -10.3. The fraction of sp³-hybridized carbons (Fsp3) is 0. The lowest BCUT2D eigenvalue weighted by Crippen LogP contribution is -2.09. The smallest absolute Gasteiger partial charge is 0.0462 e. The van der Waals surface area contributed by atoms with E-state index in [2.05, 4.69) is 314 Å². The number of benzene rings is 15. The van der Waals surface area contributed by atoms with Gasteiger partial charge in [0.05, 0.1) is 0 Å². The summed E-state index contributed by atoms with van der Waals surface area (Å²) in [5, 5.41) is 15.1. The molecule has 15 rings (SSSR count). The summed E-state index contributed by atoms with van der Waals surface area (Å²) in [7, 11) is 0. The molecule has 0 fully saturated rings. The molecule has 0 spiro atoms. The number of hydrogen-bond acceptors (Lipinski definition) is 1. The van der Waals surface area contributed by atoms with E-state index in [4.69, 9.17) is 0 Å². The maximum Gasteiger partial charge on any atom is 0.0462 e. The SMILES string of the molecule is c1cc(-c2ccc(N(c3ccc(-c4cccc(-c5c6ccccc6cc6ccccc56)c4)cc3)c3ccc(-c4cccc(-c5c6ccccc6cc6ccccc56)c4)cc3)cc2)cc(-c2c3ccccc3cc3ccccc23)c1. The predicted molar refractivity (Wildman–Crippen MR) is 339 cm³/mol. The quantitative estimate of drug-likeness (QED) is 0.130. The molecule has 0 saturated heterocycles. The number of hydrogen-bond donors (Lipinski definition) is 0. The van der Waals surface area contributed by atoms with Crippen LogP contribution in [0, 0.1) is 0 Å². The molecule has 0 atom stereocenters. The summed E-state index contributed by atoms with van der Waals surface area (Å²) in [6.07, 6.45) is 0. The topological polar surface area (TPSA) is 3.24 Å². The van der Waals surface area contributed by atoms with Gasteiger partial charge in [-0.15, -0.1) is 0 Å². The molecule has 0 heterocycles. The summed E-state index contributed by atoms with van der Waals surface area (Å²) in [6.45, 7) is 0. The van der Waals surface area contributed by atoms with Crippen LogP contribution in [0.25, 0.3) is 131 Å². The predicted octanol–water partition coefficient (Wildman–Crippen LogP) is 22.1. The zero-order valence-corrected chi connectivity index (χ0v) is 43.4. The average Bonchev–Trinajstić information content (AvgIpc) is 3.54. The van der Waals surface area contributed by atoms with Crippen molar-refractivity contribution in [1.82, 2.24) is 0 Å². The fourth-order valence-electron chi connectivity index (χ4n) is 12.4. The Kier molecular flexibility index (Phi) is 11.3. The van der Waals surface area contributed by atoms with Crippen LogP contribution in [0.15, 0.2) is 309 Å². The van der Waals surface area contributed by atoms with E-state index in [-0.39, 0.29) is 0 Å². The molecule has 368 valence electrons. The van der Waals surface area contributed by atoms with Gasteiger partial charge in [-0.25, -0.2) is 0 Å². The fourth-order valence-corrected chi connectivity index (χ4v) is 12.4. The van der Waals surface area contributed by atoms with E-state index in [1.54, 1.807) is 0 Å². The second kappa shape index (κ2) is 19.3. The first kappa shape index (κ1) is 46.0. The van der Waals surface area contributed by atoms with E-state index in [9.17, 15) is 0 Å². The van der Waals surface area contributed by atoms with Gasteiger partial charge in [-0.05, 0) is 204 Å². The molecule has 0 bridgehead atoms. The molecule has 0 aromatic heterocycles. The third kappa shape index (κ3) is 8.28. The van der Waals surface area contributed by atoms with Crippen molar-refractivity contribution >= 4 is 81.7 Å². The van der Waals surface area contributed by atoms with Crippen LogP contribution < -0.4 is 4.90 Å². The highest BCUT2D eigenvalue weighted by atomic mass is 15.1. The highest BCUT2D eigenvalue weighted by Crippen LogP contribution is 2.43. The first-order chi connectivity index (χ1) is 39.1. The zero-order chi connectivity index (χ0) is 52.2. The molecule has 0 aliphatic heterocycles. The Labute approximate surface area is 460 Å². The number of rotatable bonds is 9. The maximum atomic E-state index is 2.38. The highest BCUT2D eigenvalue weighted by Gasteiger charge is 2.18. The van der Waals surface area contributed by atoms with Gasteiger partial charge in [0.15, 0.2) is 0 Å². The first-order valence-corrected chi connectivity index (χ1v) is 27.3. The first-order valence-electron chi connectivity index (χ1n) is 27.3. The van der Waals surface area contributed by atoms with Gasteiger partial charge in [0.25, 0.3) is 0 Å². The van der Waals surface area contributed by atoms with Crippen molar-refractivity contribution in [2.24, 2.45) is 0 Å². The van der Waals surface area contributed by atoms with E-state index in [1.165, 1.54) is 131 Å². The lowest BCUT2D eigenvalue weighted by molar-refractivity contribution is 1.28. The van der Waals surface area contributed by atoms with E-state index in [1.807, 2.05) is 0 Å². The molecule has 0 aliphatic rings. The third-order valence-corrected chi connectivity index (χ3v) is 16.1. The van der Waals surface area contributed by atoms with Crippen molar-refractivity contribution < 1.29 is 0 Å². The molecule has 1 nitrogen and oxygen atoms in total. The summed E-state index contributed by atoms with van der Waals surface area (Å²) in [4.78, 5) is 2.38. The molecule has 0 unspecified atom stereocenters. The van der Waals surface area contributed by atoms with Gasteiger partial charge in [-0.3, -0.25) is 0 Å². The zero-order valence-electron chi connectivity index (χ0n) is 43.4. The Morgan fingerprint density at radius 3 is 0.608 bits per heavy atom. The lowest BCUT2D eigenvalue weighted by Gasteiger charge is -2.26. The lowest BCUT2D eigenvalue weighted by atomic mass is 9.90. The van der Waals surface area contributed by atoms with E-state index >= 15 is 0 Å². The normalized spacial score (nSPS) is 11.5. The third-order valence-electron chi connectivity index (χ3n) is 16.1. The van der Waals surface area contributed by atoms with Crippen LogP contribution in [0.2, 0.25) is 0 Å². The Balaban J connectivity index is 0.807. The maximum absolute atomic E-state index is 2.38. The largest absolute Gasteiger partial charge is 0.311 e.